The first-order valence-electron chi connectivity index (χ1n) is 26.1. The second-order valence-corrected chi connectivity index (χ2v) is 23.9. The van der Waals surface area contributed by atoms with Crippen LogP contribution in [-0.4, -0.2) is 14.8 Å². The maximum Gasteiger partial charge on any atom is 0.416 e. The summed E-state index contributed by atoms with van der Waals surface area (Å²) in [7, 11) is -3.31. The number of anilines is 9. The molecule has 3 nitrogen and oxygen atoms in total. The molecule has 11 aromatic rings. The molecule has 79 heavy (non-hydrogen) atoms. The highest BCUT2D eigenvalue weighted by atomic mass is 28.3. The SMILES string of the molecule is FC(F)(F)c1ccc(-c2ccccc2N2c3cc(N(c4ccccc4)c4ccccc4)cc4c3B3c5c2cccc5[Si](c2ccccc2)(c2ccccc2)c2cccc(c23)N4c2ccccc2-c2ccc(C(F)(F)F)cc2)cc1. The number of hydrogen-bond donors (Lipinski definition) is 0. The monoisotopic (exact) mass is 1060 g/mol. The summed E-state index contributed by atoms with van der Waals surface area (Å²) in [5.74, 6) is 0. The summed E-state index contributed by atoms with van der Waals surface area (Å²) in [6, 6.07) is 86.5. The van der Waals surface area contributed by atoms with E-state index in [4.69, 9.17) is 0 Å². The first kappa shape index (κ1) is 48.1. The maximum absolute atomic E-state index is 14.2. The Morgan fingerprint density at radius 1 is 0.316 bits per heavy atom. The summed E-state index contributed by atoms with van der Waals surface area (Å²) >= 11 is 0. The average molecular weight is 1060 g/mol. The summed E-state index contributed by atoms with van der Waals surface area (Å²) in [4.78, 5) is 6.89. The molecule has 0 amide bonds. The number of alkyl halides is 6. The van der Waals surface area contributed by atoms with Gasteiger partial charge >= 0.3 is 12.4 Å². The van der Waals surface area contributed by atoms with Crippen molar-refractivity contribution in [3.05, 3.63) is 278 Å². The fourth-order valence-electron chi connectivity index (χ4n) is 12.8. The number of halogens is 6. The topological polar surface area (TPSA) is 9.72 Å². The van der Waals surface area contributed by atoms with Gasteiger partial charge in [-0.1, -0.05) is 182 Å². The summed E-state index contributed by atoms with van der Waals surface area (Å²) < 4.78 is 85.3. The summed E-state index contributed by atoms with van der Waals surface area (Å²) in [5.41, 5.74) is 12.4. The van der Waals surface area contributed by atoms with Gasteiger partial charge in [0.1, 0.15) is 0 Å². The zero-order valence-corrected chi connectivity index (χ0v) is 43.1. The third-order valence-electron chi connectivity index (χ3n) is 16.0. The molecule has 11 heteroatoms. The first-order chi connectivity index (χ1) is 38.5. The minimum atomic E-state index is -4.52. The van der Waals surface area contributed by atoms with Gasteiger partial charge in [-0.15, -0.1) is 0 Å². The molecule has 0 radical (unpaired) electrons. The van der Waals surface area contributed by atoms with Gasteiger partial charge in [-0.05, 0) is 133 Å². The summed E-state index contributed by atoms with van der Waals surface area (Å²) in [6.07, 6.45) is -9.04. The van der Waals surface area contributed by atoms with Crippen LogP contribution in [0.3, 0.4) is 0 Å². The lowest BCUT2D eigenvalue weighted by atomic mass is 9.33. The molecule has 0 aliphatic carbocycles. The minimum absolute atomic E-state index is 0.324. The third kappa shape index (κ3) is 7.58. The van der Waals surface area contributed by atoms with E-state index in [1.165, 1.54) is 20.7 Å². The van der Waals surface area contributed by atoms with Crippen LogP contribution >= 0.6 is 0 Å². The third-order valence-corrected chi connectivity index (χ3v) is 20.8. The Morgan fingerprint density at radius 3 is 1.06 bits per heavy atom. The van der Waals surface area contributed by atoms with Gasteiger partial charge in [0, 0.05) is 45.3 Å². The van der Waals surface area contributed by atoms with Crippen molar-refractivity contribution >= 4 is 103 Å². The van der Waals surface area contributed by atoms with Crippen molar-refractivity contribution < 1.29 is 26.3 Å². The average Bonchev–Trinajstić information content (AvgIpc) is 2.19. The van der Waals surface area contributed by atoms with Crippen LogP contribution in [0.5, 0.6) is 0 Å². The van der Waals surface area contributed by atoms with Gasteiger partial charge in [0.15, 0.2) is 8.07 Å². The Hall–Kier alpha value is -9.32. The van der Waals surface area contributed by atoms with E-state index in [1.807, 2.05) is 72.8 Å². The van der Waals surface area contributed by atoms with Crippen LogP contribution in [0.1, 0.15) is 11.1 Å². The number of rotatable bonds is 9. The maximum atomic E-state index is 14.2. The first-order valence-corrected chi connectivity index (χ1v) is 28.1. The van der Waals surface area contributed by atoms with Gasteiger partial charge in [-0.2, -0.15) is 26.3 Å². The molecule has 0 saturated carbocycles. The number of hydrogen-bond acceptors (Lipinski definition) is 3. The summed E-state index contributed by atoms with van der Waals surface area (Å²) in [6.45, 7) is -0.324. The van der Waals surface area contributed by atoms with Crippen LogP contribution in [0.4, 0.5) is 77.5 Å². The van der Waals surface area contributed by atoms with Crippen LogP contribution < -0.4 is 51.8 Å². The molecule has 0 aromatic heterocycles. The molecule has 380 valence electrons. The van der Waals surface area contributed by atoms with Crippen LogP contribution in [0, 0.1) is 0 Å². The van der Waals surface area contributed by atoms with E-state index in [2.05, 4.69) is 160 Å². The van der Waals surface area contributed by atoms with E-state index in [0.29, 0.717) is 11.1 Å². The molecule has 0 atom stereocenters. The predicted molar refractivity (Wildman–Crippen MR) is 313 cm³/mol. The largest absolute Gasteiger partial charge is 0.416 e. The van der Waals surface area contributed by atoms with Crippen LogP contribution in [0.25, 0.3) is 22.3 Å². The molecule has 3 aliphatic heterocycles. The zero-order chi connectivity index (χ0) is 53.6. The highest BCUT2D eigenvalue weighted by Gasteiger charge is 2.56. The molecule has 0 fully saturated rings. The van der Waals surface area contributed by atoms with Gasteiger partial charge in [-0.25, -0.2) is 0 Å². The molecule has 3 heterocycles. The fourth-order valence-corrected chi connectivity index (χ4v) is 18.1. The molecule has 0 saturated heterocycles. The molecular formula is C68H44BF6N3Si. The minimum Gasteiger partial charge on any atom is -0.311 e. The Balaban J connectivity index is 1.15. The van der Waals surface area contributed by atoms with Crippen molar-refractivity contribution in [2.24, 2.45) is 0 Å². The Bertz CT molecular complexity index is 3860. The number of para-hydroxylation sites is 4. The molecule has 0 bridgehead atoms. The van der Waals surface area contributed by atoms with Crippen molar-refractivity contribution in [3.8, 4) is 22.3 Å². The van der Waals surface area contributed by atoms with Crippen molar-refractivity contribution in [3.63, 3.8) is 0 Å². The Kier molecular flexibility index (Phi) is 11.2. The van der Waals surface area contributed by atoms with Gasteiger partial charge in [0.2, 0.25) is 0 Å². The van der Waals surface area contributed by atoms with E-state index in [0.717, 1.165) is 103 Å². The van der Waals surface area contributed by atoms with Crippen molar-refractivity contribution in [2.45, 2.75) is 12.4 Å². The van der Waals surface area contributed by atoms with Crippen molar-refractivity contribution in [2.75, 3.05) is 14.7 Å². The smallest absolute Gasteiger partial charge is 0.311 e. The van der Waals surface area contributed by atoms with Crippen molar-refractivity contribution in [1.29, 1.82) is 0 Å². The van der Waals surface area contributed by atoms with Crippen LogP contribution in [0.2, 0.25) is 0 Å². The molecule has 11 aromatic carbocycles. The highest BCUT2D eigenvalue weighted by molar-refractivity contribution is 7.27. The second-order valence-electron chi connectivity index (χ2n) is 20.2. The van der Waals surface area contributed by atoms with Gasteiger partial charge < -0.3 is 14.7 Å². The standard InChI is InChI=1S/C68H44BF6N3Si/c70-67(71,72)47-39-35-45(36-40-47)54-27-13-15-29-56(54)77-58-31-17-33-62-65(58)69-64-60(77)43-51(76(49-19-5-1-6-20-49)50-21-7-2-8-22-50)44-61(64)78(57-30-16-14-28-55(57)46-37-41-48(42-38-46)68(73,74)75)59-32-18-34-63(66(59)69)79(62,52-23-9-3-10-24-52)53-25-11-4-12-26-53/h1-44H. The highest BCUT2D eigenvalue weighted by Crippen LogP contribution is 2.51. The quantitative estimate of drug-likeness (QED) is 0.105. The van der Waals surface area contributed by atoms with Gasteiger partial charge in [-0.3, -0.25) is 0 Å². The van der Waals surface area contributed by atoms with Crippen molar-refractivity contribution in [1.82, 2.24) is 0 Å². The number of nitrogens with zero attached hydrogens (tertiary/aromatic N) is 3. The van der Waals surface area contributed by atoms with Crippen LogP contribution in [0.15, 0.2) is 267 Å². The fraction of sp³-hybridized carbons (Fsp3) is 0.0294. The lowest BCUT2D eigenvalue weighted by molar-refractivity contribution is -0.138. The normalized spacial score (nSPS) is 13.7. The lowest BCUT2D eigenvalue weighted by Crippen LogP contribution is -2.88. The van der Waals surface area contributed by atoms with E-state index in [1.54, 1.807) is 24.3 Å². The van der Waals surface area contributed by atoms with Gasteiger partial charge in [0.25, 0.3) is 6.71 Å². The molecule has 0 N–H and O–H groups in total. The number of benzene rings is 11. The zero-order valence-electron chi connectivity index (χ0n) is 42.1. The van der Waals surface area contributed by atoms with Crippen LogP contribution in [-0.2, 0) is 12.4 Å². The molecule has 3 aliphatic rings. The molecular weight excluding hydrogens is 1010 g/mol. The van der Waals surface area contributed by atoms with E-state index < -0.39 is 31.6 Å². The van der Waals surface area contributed by atoms with Gasteiger partial charge in [0.05, 0.1) is 28.2 Å². The van der Waals surface area contributed by atoms with E-state index >= 15 is 0 Å². The second kappa shape index (κ2) is 18.4. The Labute approximate surface area is 454 Å². The van der Waals surface area contributed by atoms with E-state index in [-0.39, 0.29) is 6.71 Å². The predicted octanol–water partition coefficient (Wildman–Crippen LogP) is 14.3. The lowest BCUT2D eigenvalue weighted by Gasteiger charge is -2.52. The summed E-state index contributed by atoms with van der Waals surface area (Å²) in [5, 5.41) is 4.85. The Morgan fingerprint density at radius 2 is 0.671 bits per heavy atom. The van der Waals surface area contributed by atoms with E-state index in [9.17, 15) is 26.3 Å². The molecule has 14 rings (SSSR count). The molecule has 0 unspecified atom stereocenters. The molecule has 0 spiro atoms.